The van der Waals surface area contributed by atoms with Gasteiger partial charge in [-0.3, -0.25) is 4.79 Å². The summed E-state index contributed by atoms with van der Waals surface area (Å²) in [6, 6.07) is 11.0. The molecule has 0 aliphatic heterocycles. The fourth-order valence-electron chi connectivity index (χ4n) is 2.58. The van der Waals surface area contributed by atoms with Gasteiger partial charge in [-0.05, 0) is 24.3 Å². The first kappa shape index (κ1) is 18.0. The molecule has 136 valence electrons. The lowest BCUT2D eigenvalue weighted by molar-refractivity contribution is -0.144. The van der Waals surface area contributed by atoms with E-state index in [2.05, 4.69) is 9.97 Å². The average molecular weight is 418 g/mol. The number of hydrogen-bond donors (Lipinski definition) is 0. The lowest BCUT2D eigenvalue weighted by atomic mass is 10.2. The number of esters is 1. The topological polar surface area (TPSA) is 56.5 Å². The number of halogens is 2. The van der Waals surface area contributed by atoms with Gasteiger partial charge in [0.05, 0.1) is 22.8 Å². The number of ether oxygens (including phenoxy) is 1. The third-order valence-electron chi connectivity index (χ3n) is 3.79. The van der Waals surface area contributed by atoms with Crippen LogP contribution in [0.5, 0.6) is 0 Å². The van der Waals surface area contributed by atoms with Crippen LogP contribution in [0.25, 0.3) is 16.2 Å². The second-order valence-corrected chi connectivity index (χ2v) is 7.57. The largest absolute Gasteiger partial charge is 0.459 e. The number of rotatable bonds is 5. The molecular formula is C19H13Cl2N3O2S. The van der Waals surface area contributed by atoms with E-state index < -0.39 is 0 Å². The summed E-state index contributed by atoms with van der Waals surface area (Å²) < 4.78 is 7.12. The Hall–Kier alpha value is -2.41. The van der Waals surface area contributed by atoms with Crippen molar-refractivity contribution < 1.29 is 9.53 Å². The molecule has 4 aromatic rings. The van der Waals surface area contributed by atoms with Crippen LogP contribution in [0.1, 0.15) is 11.4 Å². The zero-order valence-corrected chi connectivity index (χ0v) is 16.3. The second-order valence-electron chi connectivity index (χ2n) is 5.84. The molecule has 3 heterocycles. The van der Waals surface area contributed by atoms with Gasteiger partial charge in [0, 0.05) is 28.4 Å². The van der Waals surface area contributed by atoms with E-state index in [1.807, 2.05) is 29.6 Å². The molecule has 0 atom stereocenters. The van der Waals surface area contributed by atoms with Crippen molar-refractivity contribution in [1.29, 1.82) is 0 Å². The van der Waals surface area contributed by atoms with Crippen LogP contribution in [-0.4, -0.2) is 20.3 Å². The summed E-state index contributed by atoms with van der Waals surface area (Å²) in [4.78, 5) is 21.0. The van der Waals surface area contributed by atoms with Gasteiger partial charge in [-0.15, -0.1) is 11.3 Å². The predicted molar refractivity (Wildman–Crippen MR) is 106 cm³/mol. The molecule has 0 N–H and O–H groups in total. The average Bonchev–Trinajstić information content (AvgIpc) is 3.26. The van der Waals surface area contributed by atoms with Crippen molar-refractivity contribution in [2.45, 2.75) is 13.0 Å². The maximum Gasteiger partial charge on any atom is 0.312 e. The molecule has 5 nitrogen and oxygen atoms in total. The first-order valence-corrected chi connectivity index (χ1v) is 9.69. The summed E-state index contributed by atoms with van der Waals surface area (Å²) in [5.41, 5.74) is 3.00. The monoisotopic (exact) mass is 417 g/mol. The molecular weight excluding hydrogens is 405 g/mol. The van der Waals surface area contributed by atoms with E-state index >= 15 is 0 Å². The summed E-state index contributed by atoms with van der Waals surface area (Å²) >= 11 is 13.4. The Balaban J connectivity index is 1.38. The fourth-order valence-corrected chi connectivity index (χ4v) is 3.76. The van der Waals surface area contributed by atoms with E-state index in [9.17, 15) is 4.79 Å². The normalized spacial score (nSPS) is 11.0. The molecule has 0 radical (unpaired) electrons. The van der Waals surface area contributed by atoms with E-state index in [1.54, 1.807) is 28.9 Å². The van der Waals surface area contributed by atoms with Crippen LogP contribution in [-0.2, 0) is 22.6 Å². The van der Waals surface area contributed by atoms with Crippen LogP contribution in [0.3, 0.4) is 0 Å². The summed E-state index contributed by atoms with van der Waals surface area (Å²) in [6.07, 6.45) is 3.65. The van der Waals surface area contributed by atoms with Gasteiger partial charge in [0.25, 0.3) is 0 Å². The smallest absolute Gasteiger partial charge is 0.312 e. The Morgan fingerprint density at radius 1 is 1.07 bits per heavy atom. The first-order valence-electron chi connectivity index (χ1n) is 8.06. The van der Waals surface area contributed by atoms with Crippen LogP contribution >= 0.6 is 34.5 Å². The van der Waals surface area contributed by atoms with E-state index in [4.69, 9.17) is 27.9 Å². The van der Waals surface area contributed by atoms with Gasteiger partial charge in [-0.25, -0.2) is 9.97 Å². The van der Waals surface area contributed by atoms with E-state index in [0.717, 1.165) is 16.2 Å². The van der Waals surface area contributed by atoms with Crippen molar-refractivity contribution in [2.75, 3.05) is 0 Å². The molecule has 0 fully saturated rings. The number of nitrogens with zero attached hydrogens (tertiary/aromatic N) is 3. The van der Waals surface area contributed by atoms with Crippen LogP contribution in [0.4, 0.5) is 0 Å². The maximum atomic E-state index is 12.1. The summed E-state index contributed by atoms with van der Waals surface area (Å²) in [5, 5.41) is 3.93. The molecule has 0 saturated carbocycles. The van der Waals surface area contributed by atoms with E-state index in [1.165, 1.54) is 11.3 Å². The van der Waals surface area contributed by atoms with Crippen LogP contribution in [0.15, 0.2) is 54.2 Å². The van der Waals surface area contributed by atoms with Crippen molar-refractivity contribution >= 4 is 46.2 Å². The van der Waals surface area contributed by atoms with Gasteiger partial charge in [0.15, 0.2) is 0 Å². The van der Waals surface area contributed by atoms with Gasteiger partial charge in [0.2, 0.25) is 0 Å². The Morgan fingerprint density at radius 3 is 2.81 bits per heavy atom. The van der Waals surface area contributed by atoms with Gasteiger partial charge >= 0.3 is 5.97 Å². The lowest BCUT2D eigenvalue weighted by Crippen LogP contribution is -2.08. The zero-order chi connectivity index (χ0) is 18.8. The minimum Gasteiger partial charge on any atom is -0.459 e. The standard InChI is InChI=1S/C19H13Cl2N3O2S/c20-13-3-1-2-12(6-13)19-23-15(11-27-19)7-18(25)26-10-16-9-24-8-14(21)4-5-17(24)22-16/h1-6,8-9,11H,7,10H2. The Bertz CT molecular complexity index is 1120. The number of benzene rings is 1. The number of carbonyl (C=O) groups excluding carboxylic acids is 1. The van der Waals surface area contributed by atoms with Crippen molar-refractivity contribution in [3.63, 3.8) is 0 Å². The van der Waals surface area contributed by atoms with E-state index in [-0.39, 0.29) is 19.0 Å². The highest BCUT2D eigenvalue weighted by atomic mass is 35.5. The molecule has 4 rings (SSSR count). The van der Waals surface area contributed by atoms with Crippen LogP contribution in [0, 0.1) is 0 Å². The van der Waals surface area contributed by atoms with Gasteiger partial charge in [-0.1, -0.05) is 35.3 Å². The first-order chi connectivity index (χ1) is 13.1. The van der Waals surface area contributed by atoms with Crippen molar-refractivity contribution in [3.8, 4) is 10.6 Å². The third-order valence-corrected chi connectivity index (χ3v) is 5.19. The molecule has 1 aromatic carbocycles. The third kappa shape index (κ3) is 4.30. The fraction of sp³-hybridized carbons (Fsp3) is 0.105. The van der Waals surface area contributed by atoms with Crippen LogP contribution in [0.2, 0.25) is 10.0 Å². The number of imidazole rings is 1. The van der Waals surface area contributed by atoms with Gasteiger partial charge in [0.1, 0.15) is 17.3 Å². The summed E-state index contributed by atoms with van der Waals surface area (Å²) in [7, 11) is 0. The molecule has 8 heteroatoms. The molecule has 0 bridgehead atoms. The molecule has 0 unspecified atom stereocenters. The van der Waals surface area contributed by atoms with Crippen molar-refractivity contribution in [3.05, 3.63) is 75.6 Å². The quantitative estimate of drug-likeness (QED) is 0.426. The summed E-state index contributed by atoms with van der Waals surface area (Å²) in [6.45, 7) is 0.101. The number of aromatic nitrogens is 3. The summed E-state index contributed by atoms with van der Waals surface area (Å²) in [5.74, 6) is -0.354. The van der Waals surface area contributed by atoms with Gasteiger partial charge in [-0.2, -0.15) is 0 Å². The number of thiazole rings is 1. The minimum atomic E-state index is -0.354. The molecule has 0 aliphatic rings. The van der Waals surface area contributed by atoms with E-state index in [0.29, 0.717) is 21.4 Å². The molecule has 3 aromatic heterocycles. The number of carbonyl (C=O) groups is 1. The van der Waals surface area contributed by atoms with Crippen molar-refractivity contribution in [2.24, 2.45) is 0 Å². The van der Waals surface area contributed by atoms with Crippen molar-refractivity contribution in [1.82, 2.24) is 14.4 Å². The van der Waals surface area contributed by atoms with Gasteiger partial charge < -0.3 is 9.14 Å². The van der Waals surface area contributed by atoms with Crippen LogP contribution < -0.4 is 0 Å². The molecule has 0 aliphatic carbocycles. The molecule has 0 spiro atoms. The Labute approximate surface area is 169 Å². The Kier molecular flexibility index (Phi) is 5.11. The number of hydrogen-bond acceptors (Lipinski definition) is 5. The Morgan fingerprint density at radius 2 is 1.96 bits per heavy atom. The SMILES string of the molecule is O=C(Cc1csc(-c2cccc(Cl)c2)n1)OCc1cn2cc(Cl)ccc2n1. The number of pyridine rings is 1. The second kappa shape index (κ2) is 7.68. The minimum absolute atomic E-state index is 0.101. The maximum absolute atomic E-state index is 12.1. The molecule has 0 saturated heterocycles. The zero-order valence-electron chi connectivity index (χ0n) is 13.9. The molecule has 27 heavy (non-hydrogen) atoms. The molecule has 0 amide bonds. The highest BCUT2D eigenvalue weighted by molar-refractivity contribution is 7.13. The number of fused-ring (bicyclic) bond motifs is 1. The predicted octanol–water partition coefficient (Wildman–Crippen LogP) is 5.05. The highest BCUT2D eigenvalue weighted by Gasteiger charge is 2.12. The lowest BCUT2D eigenvalue weighted by Gasteiger charge is -2.01. The highest BCUT2D eigenvalue weighted by Crippen LogP contribution is 2.26.